The number of hydrogen-bond donors (Lipinski definition) is 4. The van der Waals surface area contributed by atoms with Gasteiger partial charge in [-0.3, -0.25) is 4.79 Å². The lowest BCUT2D eigenvalue weighted by Crippen LogP contribution is -2.61. The van der Waals surface area contributed by atoms with Crippen molar-refractivity contribution < 1.29 is 39.5 Å². The molecule has 11 atom stereocenters. The number of Topliss-reactive ketones (excluding diaryl/α,β-unsaturated/α-hetero) is 1. The van der Waals surface area contributed by atoms with Crippen LogP contribution in [0, 0.1) is 28.6 Å². The van der Waals surface area contributed by atoms with Gasteiger partial charge in [0.25, 0.3) is 0 Å². The van der Waals surface area contributed by atoms with E-state index in [0.29, 0.717) is 30.0 Å². The molecule has 184 valence electrons. The molecular formula is C25H36O8. The van der Waals surface area contributed by atoms with Crippen LogP contribution in [0.1, 0.15) is 65.2 Å². The summed E-state index contributed by atoms with van der Waals surface area (Å²) in [5.74, 6) is 0.596. The number of carboxylic acid groups (broad SMARTS) is 1. The molecule has 1 aliphatic heterocycles. The van der Waals surface area contributed by atoms with E-state index in [-0.39, 0.29) is 16.9 Å². The van der Waals surface area contributed by atoms with Crippen LogP contribution in [0.3, 0.4) is 0 Å². The topological polar surface area (TPSA) is 134 Å². The summed E-state index contributed by atoms with van der Waals surface area (Å²) in [5, 5.41) is 39.6. The van der Waals surface area contributed by atoms with Crippen molar-refractivity contribution >= 4 is 11.8 Å². The Kier molecular flexibility index (Phi) is 5.77. The first-order chi connectivity index (χ1) is 15.6. The van der Waals surface area contributed by atoms with Gasteiger partial charge in [-0.05, 0) is 68.1 Å². The van der Waals surface area contributed by atoms with Crippen LogP contribution in [-0.4, -0.2) is 69.0 Å². The molecule has 4 aliphatic carbocycles. The van der Waals surface area contributed by atoms with Gasteiger partial charge in [0.2, 0.25) is 0 Å². The Hall–Kier alpha value is -1.32. The minimum Gasteiger partial charge on any atom is -0.479 e. The standard InChI is InChI=1S/C25H36O8/c1-24-9-7-13(32-23-20(29)18(27)19(28)21(33-23)22(30)31)11-12(24)3-4-14-15-5-6-17(26)25(15,2)10-8-16(14)24/h3,13-16,18-21,23,27-29H,4-11H2,1-2H3,(H,30,31)/t13-,14+,15+,16+,18+,19+,20-,21+,23-,24+,25-/m0/s1. The van der Waals surface area contributed by atoms with Crippen LogP contribution in [0.15, 0.2) is 11.6 Å². The summed E-state index contributed by atoms with van der Waals surface area (Å²) in [6.07, 6.45) is 1.28. The highest BCUT2D eigenvalue weighted by molar-refractivity contribution is 5.87. The number of ketones is 1. The van der Waals surface area contributed by atoms with Crippen molar-refractivity contribution in [1.29, 1.82) is 0 Å². The number of hydrogen-bond acceptors (Lipinski definition) is 7. The molecule has 5 aliphatic rings. The maximum atomic E-state index is 12.6. The number of fused-ring (bicyclic) bond motifs is 5. The van der Waals surface area contributed by atoms with Gasteiger partial charge in [-0.15, -0.1) is 0 Å². The van der Waals surface area contributed by atoms with E-state index in [9.17, 15) is 30.0 Å². The molecule has 8 nitrogen and oxygen atoms in total. The lowest BCUT2D eigenvalue weighted by Gasteiger charge is -2.57. The van der Waals surface area contributed by atoms with Gasteiger partial charge < -0.3 is 29.9 Å². The largest absolute Gasteiger partial charge is 0.479 e. The van der Waals surface area contributed by atoms with E-state index >= 15 is 0 Å². The third kappa shape index (κ3) is 3.52. The van der Waals surface area contributed by atoms with Crippen LogP contribution in [0.5, 0.6) is 0 Å². The molecule has 3 saturated carbocycles. The van der Waals surface area contributed by atoms with E-state index in [1.807, 2.05) is 0 Å². The lowest BCUT2D eigenvalue weighted by molar-refractivity contribution is -0.306. The number of allylic oxidation sites excluding steroid dienone is 1. The van der Waals surface area contributed by atoms with Crippen LogP contribution >= 0.6 is 0 Å². The van der Waals surface area contributed by atoms with Gasteiger partial charge in [0.15, 0.2) is 12.4 Å². The van der Waals surface area contributed by atoms with Crippen LogP contribution in [0.25, 0.3) is 0 Å². The zero-order chi connectivity index (χ0) is 23.7. The number of carbonyl (C=O) groups is 2. The molecular weight excluding hydrogens is 428 g/mol. The van der Waals surface area contributed by atoms with Crippen molar-refractivity contribution in [2.24, 2.45) is 28.6 Å². The van der Waals surface area contributed by atoms with Crippen molar-refractivity contribution in [3.8, 4) is 0 Å². The quantitative estimate of drug-likeness (QED) is 0.465. The first-order valence-electron chi connectivity index (χ1n) is 12.4. The van der Waals surface area contributed by atoms with Crippen molar-refractivity contribution in [3.05, 3.63) is 11.6 Å². The predicted molar refractivity (Wildman–Crippen MR) is 116 cm³/mol. The molecule has 1 heterocycles. The zero-order valence-corrected chi connectivity index (χ0v) is 19.4. The van der Waals surface area contributed by atoms with E-state index in [0.717, 1.165) is 44.9 Å². The Balaban J connectivity index is 1.30. The second kappa shape index (κ2) is 8.12. The van der Waals surface area contributed by atoms with Crippen LogP contribution in [-0.2, 0) is 19.1 Å². The highest BCUT2D eigenvalue weighted by Crippen LogP contribution is 2.64. The number of aliphatic carboxylic acids is 1. The number of aliphatic hydroxyl groups excluding tert-OH is 3. The summed E-state index contributed by atoms with van der Waals surface area (Å²) in [5.41, 5.74) is 1.25. The molecule has 0 aromatic rings. The zero-order valence-electron chi connectivity index (χ0n) is 19.4. The first kappa shape index (κ1) is 23.4. The van der Waals surface area contributed by atoms with Crippen molar-refractivity contribution in [1.82, 2.24) is 0 Å². The minimum absolute atomic E-state index is 0.0566. The monoisotopic (exact) mass is 464 g/mol. The Bertz CT molecular complexity index is 855. The van der Waals surface area contributed by atoms with Gasteiger partial charge in [-0.2, -0.15) is 0 Å². The van der Waals surface area contributed by atoms with E-state index in [2.05, 4.69) is 19.9 Å². The van der Waals surface area contributed by atoms with Gasteiger partial charge in [-0.1, -0.05) is 25.5 Å². The fourth-order valence-electron chi connectivity index (χ4n) is 7.87. The molecule has 8 heteroatoms. The Labute approximate surface area is 194 Å². The van der Waals surface area contributed by atoms with E-state index in [1.54, 1.807) is 0 Å². The molecule has 0 bridgehead atoms. The molecule has 0 aromatic carbocycles. The first-order valence-corrected chi connectivity index (χ1v) is 12.4. The number of rotatable bonds is 3. The molecule has 33 heavy (non-hydrogen) atoms. The summed E-state index contributed by atoms with van der Waals surface area (Å²) in [7, 11) is 0. The third-order valence-electron chi connectivity index (χ3n) is 9.91. The Morgan fingerprint density at radius 1 is 1.03 bits per heavy atom. The molecule has 4 fully saturated rings. The minimum atomic E-state index is -1.72. The van der Waals surface area contributed by atoms with Crippen molar-refractivity contribution in [2.45, 2.75) is 102 Å². The molecule has 0 amide bonds. The summed E-state index contributed by atoms with van der Waals surface area (Å²) in [6, 6.07) is 0. The highest BCUT2D eigenvalue weighted by atomic mass is 16.7. The SMILES string of the molecule is C[C@]12CC[C@@H]3[C@H](CC=C4C[C@@H](O[C@H]5O[C@@H](C(=O)O)[C@H](O)[C@@H](O)[C@@H]5O)CC[C@]43C)[C@H]1CCC2=O. The van der Waals surface area contributed by atoms with E-state index < -0.39 is 36.7 Å². The summed E-state index contributed by atoms with van der Waals surface area (Å²) < 4.78 is 11.3. The molecule has 1 saturated heterocycles. The van der Waals surface area contributed by atoms with E-state index in [4.69, 9.17) is 9.47 Å². The number of aliphatic hydroxyl groups is 3. The second-order valence-corrected chi connectivity index (χ2v) is 11.4. The number of carbonyl (C=O) groups excluding carboxylic acids is 1. The third-order valence-corrected chi connectivity index (χ3v) is 9.91. The molecule has 4 N–H and O–H groups in total. The van der Waals surface area contributed by atoms with Crippen molar-refractivity contribution in [2.75, 3.05) is 0 Å². The number of carboxylic acids is 1. The fourth-order valence-corrected chi connectivity index (χ4v) is 7.87. The van der Waals surface area contributed by atoms with Crippen LogP contribution in [0.2, 0.25) is 0 Å². The van der Waals surface area contributed by atoms with E-state index in [1.165, 1.54) is 5.57 Å². The van der Waals surface area contributed by atoms with Gasteiger partial charge in [-0.25, -0.2) is 4.79 Å². The average Bonchev–Trinajstić information content (AvgIpc) is 3.08. The maximum absolute atomic E-state index is 12.6. The van der Waals surface area contributed by atoms with Crippen LogP contribution in [0.4, 0.5) is 0 Å². The molecule has 0 aromatic heterocycles. The summed E-state index contributed by atoms with van der Waals surface area (Å²) in [4.78, 5) is 24.0. The summed E-state index contributed by atoms with van der Waals surface area (Å²) >= 11 is 0. The molecule has 0 spiro atoms. The van der Waals surface area contributed by atoms with Crippen molar-refractivity contribution in [3.63, 3.8) is 0 Å². The van der Waals surface area contributed by atoms with Gasteiger partial charge in [0.05, 0.1) is 6.10 Å². The number of ether oxygens (including phenoxy) is 2. The van der Waals surface area contributed by atoms with Gasteiger partial charge >= 0.3 is 5.97 Å². The molecule has 0 radical (unpaired) electrons. The Morgan fingerprint density at radius 3 is 2.45 bits per heavy atom. The van der Waals surface area contributed by atoms with Gasteiger partial charge in [0.1, 0.15) is 24.1 Å². The fraction of sp³-hybridized carbons (Fsp3) is 0.840. The predicted octanol–water partition coefficient (Wildman–Crippen LogP) is 1.80. The molecule has 0 unspecified atom stereocenters. The Morgan fingerprint density at radius 2 is 1.73 bits per heavy atom. The summed E-state index contributed by atoms with van der Waals surface area (Å²) in [6.45, 7) is 4.53. The maximum Gasteiger partial charge on any atom is 0.335 e. The smallest absolute Gasteiger partial charge is 0.335 e. The average molecular weight is 465 g/mol. The molecule has 5 rings (SSSR count). The second-order valence-electron chi connectivity index (χ2n) is 11.4. The normalized spacial score (nSPS) is 51.8. The highest BCUT2D eigenvalue weighted by Gasteiger charge is 2.59. The van der Waals surface area contributed by atoms with Gasteiger partial charge in [0, 0.05) is 11.8 Å². The van der Waals surface area contributed by atoms with Crippen LogP contribution < -0.4 is 0 Å². The lowest BCUT2D eigenvalue weighted by atomic mass is 9.48.